The van der Waals surface area contributed by atoms with E-state index in [-0.39, 0.29) is 10.9 Å². The Labute approximate surface area is 187 Å². The largest absolute Gasteiger partial charge is 0.493 e. The number of pyridine rings is 1. The van der Waals surface area contributed by atoms with Gasteiger partial charge in [0.15, 0.2) is 11.5 Å². The third-order valence-corrected chi connectivity index (χ3v) is 5.52. The maximum absolute atomic E-state index is 12.7. The Morgan fingerprint density at radius 3 is 2.52 bits per heavy atom. The summed E-state index contributed by atoms with van der Waals surface area (Å²) in [5, 5.41) is 0. The zero-order valence-electron chi connectivity index (χ0n) is 16.6. The molecule has 1 fully saturated rings. The van der Waals surface area contributed by atoms with Gasteiger partial charge in [-0.05, 0) is 35.9 Å². The van der Waals surface area contributed by atoms with E-state index in [1.807, 2.05) is 0 Å². The monoisotopic (exact) mass is 458 g/mol. The SMILES string of the molecule is COc1ccc(C=C2SC(=S)N(CC(=O)NNC(=O)c3ccncc3)C2=O)cc1OC. The molecule has 0 aliphatic carbocycles. The molecule has 1 aromatic carbocycles. The van der Waals surface area contributed by atoms with E-state index < -0.39 is 17.7 Å². The van der Waals surface area contributed by atoms with Crippen LogP contribution in [-0.2, 0) is 9.59 Å². The van der Waals surface area contributed by atoms with E-state index >= 15 is 0 Å². The molecule has 0 saturated carbocycles. The second kappa shape index (κ2) is 10.0. The van der Waals surface area contributed by atoms with E-state index in [0.717, 1.165) is 11.8 Å². The minimum Gasteiger partial charge on any atom is -0.493 e. The molecule has 9 nitrogen and oxygen atoms in total. The average molecular weight is 459 g/mol. The Kier molecular flexibility index (Phi) is 7.21. The van der Waals surface area contributed by atoms with Gasteiger partial charge < -0.3 is 9.47 Å². The maximum atomic E-state index is 12.7. The first kappa shape index (κ1) is 22.2. The van der Waals surface area contributed by atoms with Gasteiger partial charge in [-0.3, -0.25) is 35.1 Å². The van der Waals surface area contributed by atoms with Crippen LogP contribution in [0.25, 0.3) is 6.08 Å². The molecule has 1 aromatic heterocycles. The Bertz CT molecular complexity index is 1060. The zero-order valence-corrected chi connectivity index (χ0v) is 18.2. The first-order valence-electron chi connectivity index (χ1n) is 8.89. The molecule has 3 amide bonds. The number of hydrogen-bond donors (Lipinski definition) is 2. The molecule has 0 radical (unpaired) electrons. The molecule has 0 atom stereocenters. The Balaban J connectivity index is 1.63. The molecule has 1 aliphatic rings. The zero-order chi connectivity index (χ0) is 22.4. The van der Waals surface area contributed by atoms with Gasteiger partial charge in [0, 0.05) is 18.0 Å². The summed E-state index contributed by atoms with van der Waals surface area (Å²) >= 11 is 6.32. The summed E-state index contributed by atoms with van der Waals surface area (Å²) < 4.78 is 10.7. The highest BCUT2D eigenvalue weighted by molar-refractivity contribution is 8.26. The maximum Gasteiger partial charge on any atom is 0.269 e. The lowest BCUT2D eigenvalue weighted by atomic mass is 10.2. The molecule has 1 saturated heterocycles. The predicted molar refractivity (Wildman–Crippen MR) is 119 cm³/mol. The molecule has 2 N–H and O–H groups in total. The Morgan fingerprint density at radius 1 is 1.13 bits per heavy atom. The van der Waals surface area contributed by atoms with Crippen molar-refractivity contribution in [1.29, 1.82) is 0 Å². The molecule has 2 aromatic rings. The van der Waals surface area contributed by atoms with Crippen LogP contribution in [0, 0.1) is 0 Å². The van der Waals surface area contributed by atoms with Crippen molar-refractivity contribution in [3.63, 3.8) is 0 Å². The van der Waals surface area contributed by atoms with Gasteiger partial charge in [-0.15, -0.1) is 0 Å². The summed E-state index contributed by atoms with van der Waals surface area (Å²) in [7, 11) is 3.06. The molecule has 2 heterocycles. The standard InChI is InChI=1S/C20H18N4O5S2/c1-28-14-4-3-12(9-15(14)29-2)10-16-19(27)24(20(30)31-16)11-17(25)22-23-18(26)13-5-7-21-8-6-13/h3-10H,11H2,1-2H3,(H,22,25)(H,23,26). The fraction of sp³-hybridized carbons (Fsp3) is 0.150. The van der Waals surface area contributed by atoms with Crippen LogP contribution < -0.4 is 20.3 Å². The van der Waals surface area contributed by atoms with E-state index in [9.17, 15) is 14.4 Å². The number of hydrazine groups is 1. The van der Waals surface area contributed by atoms with Gasteiger partial charge in [0.05, 0.1) is 19.1 Å². The molecule has 160 valence electrons. The molecule has 1 aliphatic heterocycles. The van der Waals surface area contributed by atoms with E-state index in [1.54, 1.807) is 24.3 Å². The smallest absolute Gasteiger partial charge is 0.269 e. The van der Waals surface area contributed by atoms with Crippen molar-refractivity contribution in [1.82, 2.24) is 20.7 Å². The molecule has 11 heteroatoms. The van der Waals surface area contributed by atoms with Crippen LogP contribution in [0.3, 0.4) is 0 Å². The fourth-order valence-corrected chi connectivity index (χ4v) is 3.87. The highest BCUT2D eigenvalue weighted by Gasteiger charge is 2.33. The van der Waals surface area contributed by atoms with Crippen molar-refractivity contribution in [2.24, 2.45) is 0 Å². The van der Waals surface area contributed by atoms with Gasteiger partial charge in [-0.2, -0.15) is 0 Å². The van der Waals surface area contributed by atoms with Crippen molar-refractivity contribution in [2.45, 2.75) is 0 Å². The molecule has 3 rings (SSSR count). The number of amides is 3. The normalized spacial score (nSPS) is 14.5. The number of aromatic nitrogens is 1. The lowest BCUT2D eigenvalue weighted by Gasteiger charge is -2.14. The van der Waals surface area contributed by atoms with Crippen LogP contribution >= 0.6 is 24.0 Å². The quantitative estimate of drug-likeness (QED) is 0.383. The number of nitrogens with one attached hydrogen (secondary N) is 2. The van der Waals surface area contributed by atoms with E-state index in [4.69, 9.17) is 21.7 Å². The third-order valence-electron chi connectivity index (χ3n) is 4.14. The van der Waals surface area contributed by atoms with E-state index in [1.165, 1.54) is 43.6 Å². The summed E-state index contributed by atoms with van der Waals surface area (Å²) in [5.41, 5.74) is 5.60. The number of carbonyl (C=O) groups is 3. The van der Waals surface area contributed by atoms with Crippen LogP contribution in [0.1, 0.15) is 15.9 Å². The molecular formula is C20H18N4O5S2. The lowest BCUT2D eigenvalue weighted by molar-refractivity contribution is -0.129. The van der Waals surface area contributed by atoms with Crippen LogP contribution in [-0.4, -0.2) is 52.7 Å². The first-order chi connectivity index (χ1) is 14.9. The number of thioether (sulfide) groups is 1. The van der Waals surface area contributed by atoms with Crippen LogP contribution in [0.2, 0.25) is 0 Å². The number of benzene rings is 1. The van der Waals surface area contributed by atoms with Gasteiger partial charge in [-0.1, -0.05) is 30.0 Å². The molecular weight excluding hydrogens is 440 g/mol. The number of carbonyl (C=O) groups excluding carboxylic acids is 3. The van der Waals surface area contributed by atoms with Gasteiger partial charge in [-0.25, -0.2) is 0 Å². The highest BCUT2D eigenvalue weighted by Crippen LogP contribution is 2.34. The summed E-state index contributed by atoms with van der Waals surface area (Å²) in [6, 6.07) is 8.23. The molecule has 0 unspecified atom stereocenters. The summed E-state index contributed by atoms with van der Waals surface area (Å²) in [4.78, 5) is 42.2. The fourth-order valence-electron chi connectivity index (χ4n) is 2.62. The number of nitrogens with zero attached hydrogens (tertiary/aromatic N) is 2. The first-order valence-corrected chi connectivity index (χ1v) is 10.1. The topological polar surface area (TPSA) is 110 Å². The van der Waals surface area contributed by atoms with Crippen molar-refractivity contribution in [3.8, 4) is 11.5 Å². The van der Waals surface area contributed by atoms with Gasteiger partial charge in [0.2, 0.25) is 0 Å². The van der Waals surface area contributed by atoms with Crippen molar-refractivity contribution >= 4 is 52.1 Å². The molecule has 31 heavy (non-hydrogen) atoms. The van der Waals surface area contributed by atoms with Crippen molar-refractivity contribution in [2.75, 3.05) is 20.8 Å². The number of ether oxygens (including phenoxy) is 2. The lowest BCUT2D eigenvalue weighted by Crippen LogP contribution is -2.47. The minimum absolute atomic E-state index is 0.243. The second-order valence-corrected chi connectivity index (χ2v) is 7.80. The Morgan fingerprint density at radius 2 is 1.84 bits per heavy atom. The summed E-state index contributed by atoms with van der Waals surface area (Å²) in [6.07, 6.45) is 4.58. The Hall–Kier alpha value is -3.44. The second-order valence-electron chi connectivity index (χ2n) is 6.12. The van der Waals surface area contributed by atoms with Crippen molar-refractivity contribution < 1.29 is 23.9 Å². The van der Waals surface area contributed by atoms with E-state index in [0.29, 0.717) is 27.5 Å². The van der Waals surface area contributed by atoms with Gasteiger partial charge in [0.25, 0.3) is 17.7 Å². The van der Waals surface area contributed by atoms with Crippen LogP contribution in [0.5, 0.6) is 11.5 Å². The highest BCUT2D eigenvalue weighted by atomic mass is 32.2. The predicted octanol–water partition coefficient (Wildman–Crippen LogP) is 1.76. The van der Waals surface area contributed by atoms with E-state index in [2.05, 4.69) is 15.8 Å². The summed E-state index contributed by atoms with van der Waals surface area (Å²) in [6.45, 7) is -0.329. The van der Waals surface area contributed by atoms with Gasteiger partial charge >= 0.3 is 0 Å². The molecule has 0 bridgehead atoms. The minimum atomic E-state index is -0.592. The molecule has 0 spiro atoms. The third kappa shape index (κ3) is 5.38. The van der Waals surface area contributed by atoms with Crippen LogP contribution in [0.4, 0.5) is 0 Å². The van der Waals surface area contributed by atoms with Crippen molar-refractivity contribution in [3.05, 3.63) is 58.8 Å². The number of hydrogen-bond acceptors (Lipinski definition) is 8. The number of methoxy groups -OCH3 is 2. The van der Waals surface area contributed by atoms with Gasteiger partial charge in [0.1, 0.15) is 10.9 Å². The average Bonchev–Trinajstić information content (AvgIpc) is 3.05. The number of thiocarbonyl (C=S) groups is 1. The number of rotatable bonds is 6. The summed E-state index contributed by atoms with van der Waals surface area (Å²) in [5.74, 6) is -0.408. The van der Waals surface area contributed by atoms with Crippen LogP contribution in [0.15, 0.2) is 47.6 Å².